The normalized spacial score (nSPS) is 19.0. The fourth-order valence-corrected chi connectivity index (χ4v) is 2.57. The van der Waals surface area contributed by atoms with Crippen molar-refractivity contribution in [2.75, 3.05) is 38.6 Å². The van der Waals surface area contributed by atoms with E-state index in [4.69, 9.17) is 10.5 Å². The number of nitrogens with zero attached hydrogens (tertiary/aromatic N) is 2. The van der Waals surface area contributed by atoms with Gasteiger partial charge in [0.2, 0.25) is 0 Å². The maximum absolute atomic E-state index is 12.3. The Morgan fingerprint density at radius 3 is 2.88 bits per heavy atom. The second-order valence-electron chi connectivity index (χ2n) is 5.59. The predicted molar refractivity (Wildman–Crippen MR) is 99.1 cm³/mol. The lowest BCUT2D eigenvalue weighted by atomic mass is 10.1. The Hall–Kier alpha value is -1.23. The van der Waals surface area contributed by atoms with Gasteiger partial charge in [0, 0.05) is 24.8 Å². The zero-order valence-electron chi connectivity index (χ0n) is 13.3. The van der Waals surface area contributed by atoms with E-state index in [1.54, 1.807) is 13.2 Å². The molecule has 3 N–H and O–H groups in total. The van der Waals surface area contributed by atoms with Crippen molar-refractivity contribution in [2.24, 2.45) is 16.6 Å². The fourth-order valence-electron chi connectivity index (χ4n) is 2.57. The topological polar surface area (TPSA) is 62.9 Å². The summed E-state index contributed by atoms with van der Waals surface area (Å²) in [5.74, 6) is 1.04. The highest BCUT2D eigenvalue weighted by Crippen LogP contribution is 2.23. The highest BCUT2D eigenvalue weighted by molar-refractivity contribution is 14.0. The predicted octanol–water partition coefficient (Wildman–Crippen LogP) is 2.92. The van der Waals surface area contributed by atoms with E-state index >= 15 is 0 Å². The summed E-state index contributed by atoms with van der Waals surface area (Å²) in [7, 11) is 1.57. The minimum atomic E-state index is -4.15. The third-order valence-corrected chi connectivity index (χ3v) is 3.63. The van der Waals surface area contributed by atoms with Crippen molar-refractivity contribution in [3.63, 3.8) is 0 Å². The molecule has 0 saturated carbocycles. The molecule has 0 spiro atoms. The number of nitrogens with one attached hydrogen (secondary N) is 1. The Morgan fingerprint density at radius 1 is 1.46 bits per heavy atom. The maximum atomic E-state index is 12.3. The van der Waals surface area contributed by atoms with Crippen LogP contribution in [-0.2, 0) is 0 Å². The Bertz CT molecular complexity index is 554. The van der Waals surface area contributed by atoms with E-state index in [0.29, 0.717) is 31.8 Å². The number of hydrogen-bond acceptors (Lipinski definition) is 3. The zero-order chi connectivity index (χ0) is 16.9. The quantitative estimate of drug-likeness (QED) is 0.405. The first-order valence-corrected chi connectivity index (χ1v) is 7.36. The van der Waals surface area contributed by atoms with E-state index in [1.807, 2.05) is 18.2 Å². The number of benzene rings is 1. The van der Waals surface area contributed by atoms with Crippen LogP contribution in [-0.4, -0.2) is 50.3 Å². The standard InChI is InChI=1S/C15H21F3N4O.HI/c1-23-13-4-2-3-12(7-13)21-14(19)20-8-11-5-6-22(9-11)10-15(16,17)18;/h2-4,7,11H,5-6,8-10H2,1H3,(H3,19,20,21);1H. The van der Waals surface area contributed by atoms with Gasteiger partial charge in [-0.25, -0.2) is 0 Å². The van der Waals surface area contributed by atoms with Gasteiger partial charge >= 0.3 is 6.18 Å². The van der Waals surface area contributed by atoms with Crippen LogP contribution < -0.4 is 15.8 Å². The van der Waals surface area contributed by atoms with Crippen LogP contribution >= 0.6 is 24.0 Å². The molecule has 2 rings (SSSR count). The Labute approximate surface area is 156 Å². The molecule has 5 nitrogen and oxygen atoms in total. The van der Waals surface area contributed by atoms with E-state index in [1.165, 1.54) is 4.90 Å². The smallest absolute Gasteiger partial charge is 0.401 e. The van der Waals surface area contributed by atoms with Gasteiger partial charge in [0.1, 0.15) is 5.75 Å². The molecular weight excluding hydrogens is 436 g/mol. The van der Waals surface area contributed by atoms with Crippen molar-refractivity contribution in [3.8, 4) is 5.75 Å². The van der Waals surface area contributed by atoms with Crippen LogP contribution in [0.2, 0.25) is 0 Å². The summed E-state index contributed by atoms with van der Waals surface area (Å²) in [5, 5.41) is 2.94. The number of alkyl halides is 3. The monoisotopic (exact) mass is 458 g/mol. The van der Waals surface area contributed by atoms with Crippen molar-refractivity contribution in [3.05, 3.63) is 24.3 Å². The van der Waals surface area contributed by atoms with Crippen molar-refractivity contribution in [1.29, 1.82) is 0 Å². The number of methoxy groups -OCH3 is 1. The molecule has 0 amide bonds. The van der Waals surface area contributed by atoms with Crippen LogP contribution in [0.1, 0.15) is 6.42 Å². The second-order valence-corrected chi connectivity index (χ2v) is 5.59. The number of halogens is 4. The first-order valence-electron chi connectivity index (χ1n) is 7.36. The summed E-state index contributed by atoms with van der Waals surface area (Å²) in [5.41, 5.74) is 6.56. The van der Waals surface area contributed by atoms with Crippen LogP contribution in [0.4, 0.5) is 18.9 Å². The van der Waals surface area contributed by atoms with E-state index in [2.05, 4.69) is 10.3 Å². The molecule has 1 heterocycles. The van der Waals surface area contributed by atoms with E-state index < -0.39 is 12.7 Å². The molecule has 0 aliphatic carbocycles. The summed E-state index contributed by atoms with van der Waals surface area (Å²) in [4.78, 5) is 5.63. The Morgan fingerprint density at radius 2 is 2.21 bits per heavy atom. The third-order valence-electron chi connectivity index (χ3n) is 3.63. The molecule has 1 fully saturated rings. The van der Waals surface area contributed by atoms with Crippen molar-refractivity contribution in [2.45, 2.75) is 12.6 Å². The molecule has 1 atom stereocenters. The average Bonchev–Trinajstić information content (AvgIpc) is 2.91. The summed E-state index contributed by atoms with van der Waals surface area (Å²) in [6, 6.07) is 7.24. The largest absolute Gasteiger partial charge is 0.497 e. The SMILES string of the molecule is COc1cccc(NC(N)=NCC2CCN(CC(F)(F)F)C2)c1.I. The zero-order valence-corrected chi connectivity index (χ0v) is 15.7. The van der Waals surface area contributed by atoms with Crippen LogP contribution in [0.3, 0.4) is 0 Å². The highest BCUT2D eigenvalue weighted by Gasteiger charge is 2.34. The number of rotatable bonds is 5. The van der Waals surface area contributed by atoms with Crippen LogP contribution in [0.15, 0.2) is 29.3 Å². The van der Waals surface area contributed by atoms with Crippen molar-refractivity contribution < 1.29 is 17.9 Å². The lowest BCUT2D eigenvalue weighted by Gasteiger charge is -2.17. The number of nitrogens with two attached hydrogens (primary N) is 1. The van der Waals surface area contributed by atoms with Gasteiger partial charge in [-0.1, -0.05) is 6.07 Å². The molecule has 1 aliphatic heterocycles. The summed E-state index contributed by atoms with van der Waals surface area (Å²) >= 11 is 0. The number of hydrogen-bond donors (Lipinski definition) is 2. The molecule has 1 unspecified atom stereocenters. The molecule has 24 heavy (non-hydrogen) atoms. The van der Waals surface area contributed by atoms with Gasteiger partial charge in [-0.15, -0.1) is 24.0 Å². The molecule has 1 aromatic rings. The average molecular weight is 458 g/mol. The summed E-state index contributed by atoms with van der Waals surface area (Å²) in [6.07, 6.45) is -3.45. The maximum Gasteiger partial charge on any atom is 0.401 e. The van der Waals surface area contributed by atoms with E-state index in [0.717, 1.165) is 5.69 Å². The molecule has 1 aromatic carbocycles. The van der Waals surface area contributed by atoms with Crippen molar-refractivity contribution in [1.82, 2.24) is 4.90 Å². The molecule has 0 radical (unpaired) electrons. The van der Waals surface area contributed by atoms with E-state index in [9.17, 15) is 13.2 Å². The molecular formula is C15H22F3IN4O. The lowest BCUT2D eigenvalue weighted by molar-refractivity contribution is -0.143. The van der Waals surface area contributed by atoms with Crippen LogP contribution in [0.25, 0.3) is 0 Å². The second kappa shape index (κ2) is 9.30. The first-order chi connectivity index (χ1) is 10.9. The number of ether oxygens (including phenoxy) is 1. The van der Waals surface area contributed by atoms with Gasteiger partial charge in [0.15, 0.2) is 5.96 Å². The van der Waals surface area contributed by atoms with Crippen molar-refractivity contribution >= 4 is 35.6 Å². The fraction of sp³-hybridized carbons (Fsp3) is 0.533. The minimum absolute atomic E-state index is 0. The van der Waals surface area contributed by atoms with Gasteiger partial charge in [-0.05, 0) is 31.0 Å². The van der Waals surface area contributed by atoms with Gasteiger partial charge in [0.05, 0.1) is 13.7 Å². The Balaban J connectivity index is 0.00000288. The number of aliphatic imine (C=N–C) groups is 1. The van der Waals surface area contributed by atoms with Gasteiger partial charge < -0.3 is 15.8 Å². The Kier molecular flexibility index (Phi) is 8.07. The molecule has 0 bridgehead atoms. The number of likely N-dealkylation sites (tertiary alicyclic amines) is 1. The summed E-state index contributed by atoms with van der Waals surface area (Å²) < 4.78 is 42.1. The molecule has 136 valence electrons. The number of anilines is 1. The first kappa shape index (κ1) is 20.8. The lowest BCUT2D eigenvalue weighted by Crippen LogP contribution is -2.32. The molecule has 1 aliphatic rings. The number of guanidine groups is 1. The van der Waals surface area contributed by atoms with Crippen LogP contribution in [0.5, 0.6) is 5.75 Å². The minimum Gasteiger partial charge on any atom is -0.497 e. The van der Waals surface area contributed by atoms with E-state index in [-0.39, 0.29) is 35.9 Å². The molecule has 9 heteroatoms. The van der Waals surface area contributed by atoms with Gasteiger partial charge in [-0.3, -0.25) is 9.89 Å². The molecule has 0 aromatic heterocycles. The molecule has 1 saturated heterocycles. The van der Waals surface area contributed by atoms with Gasteiger partial charge in [-0.2, -0.15) is 13.2 Å². The summed E-state index contributed by atoms with van der Waals surface area (Å²) in [6.45, 7) is 0.403. The van der Waals surface area contributed by atoms with Crippen LogP contribution in [0, 0.1) is 5.92 Å². The third kappa shape index (κ3) is 7.12. The highest BCUT2D eigenvalue weighted by atomic mass is 127. The van der Waals surface area contributed by atoms with Gasteiger partial charge in [0.25, 0.3) is 0 Å².